The third-order valence-electron chi connectivity index (χ3n) is 6.49. The number of carbonyl (C=O) groups excluding carboxylic acids is 2. The van der Waals surface area contributed by atoms with E-state index in [1.165, 1.54) is 12.3 Å². The molecule has 0 unspecified atom stereocenters. The zero-order valence-electron chi connectivity index (χ0n) is 20.7. The first kappa shape index (κ1) is 27.7. The summed E-state index contributed by atoms with van der Waals surface area (Å²) in [5.41, 5.74) is 0.0967. The number of aromatic nitrogens is 3. The molecule has 4 rings (SSSR count). The van der Waals surface area contributed by atoms with Crippen molar-refractivity contribution in [1.29, 1.82) is 0 Å². The predicted octanol–water partition coefficient (Wildman–Crippen LogP) is 5.99. The molecule has 3 heterocycles. The van der Waals surface area contributed by atoms with Crippen LogP contribution in [0.1, 0.15) is 48.0 Å². The van der Waals surface area contributed by atoms with Gasteiger partial charge >= 0.3 is 6.18 Å². The van der Waals surface area contributed by atoms with Crippen molar-refractivity contribution in [2.45, 2.75) is 52.3 Å². The molecule has 1 amide bonds. The maximum atomic E-state index is 14.2. The van der Waals surface area contributed by atoms with Crippen molar-refractivity contribution < 1.29 is 31.5 Å². The molecule has 0 aliphatic carbocycles. The number of amides is 1. The van der Waals surface area contributed by atoms with Crippen LogP contribution in [0.3, 0.4) is 0 Å². The molecule has 1 aromatic carbocycles. The minimum Gasteiger partial charge on any atom is -0.355 e. The molecule has 13 heteroatoms. The fourth-order valence-corrected chi connectivity index (χ4v) is 5.55. The standard InChI is InChI=1S/C25H26F5N5O2S/c1-3-35-24(34-10-5-6-15(9-11-34)12-19(36)25(28,29)30)18(13-31-35)32-22(37)21-14(2)38-23(33-21)20-16(26)7-4-8-17(20)27/h4,7-8,13,15H,3,5-6,9-12H2,1-2H3,(H,32,37)/t15-/m0/s1. The Morgan fingerprint density at radius 3 is 2.53 bits per heavy atom. The Morgan fingerprint density at radius 2 is 1.87 bits per heavy atom. The Balaban J connectivity index is 1.53. The average molecular weight is 556 g/mol. The normalized spacial score (nSPS) is 16.4. The van der Waals surface area contributed by atoms with Gasteiger partial charge in [0.2, 0.25) is 5.78 Å². The van der Waals surface area contributed by atoms with Crippen molar-refractivity contribution in [3.8, 4) is 10.6 Å². The molecule has 1 saturated heterocycles. The SMILES string of the molecule is CCn1ncc(NC(=O)c2nc(-c3c(F)cccc3F)sc2C)c1N1CCC[C@H](CC(=O)C(F)(F)F)CC1. The second-order valence-electron chi connectivity index (χ2n) is 9.08. The molecule has 2 aromatic heterocycles. The van der Waals surface area contributed by atoms with E-state index >= 15 is 0 Å². The van der Waals surface area contributed by atoms with E-state index in [2.05, 4.69) is 15.4 Å². The third-order valence-corrected chi connectivity index (χ3v) is 7.47. The molecule has 1 aliphatic heterocycles. The second kappa shape index (κ2) is 11.2. The number of aryl methyl sites for hydroxylation is 2. The first-order valence-electron chi connectivity index (χ1n) is 12.1. The topological polar surface area (TPSA) is 80.1 Å². The number of Topliss-reactive ketones (excluding diaryl/α,β-unsaturated/α-hetero) is 1. The molecule has 1 fully saturated rings. The van der Waals surface area contributed by atoms with Crippen molar-refractivity contribution in [2.24, 2.45) is 5.92 Å². The van der Waals surface area contributed by atoms with Gasteiger partial charge in [-0.15, -0.1) is 11.3 Å². The number of rotatable bonds is 7. The summed E-state index contributed by atoms with van der Waals surface area (Å²) in [6.45, 7) is 4.87. The predicted molar refractivity (Wildman–Crippen MR) is 133 cm³/mol. The van der Waals surface area contributed by atoms with Crippen LogP contribution in [0.2, 0.25) is 0 Å². The van der Waals surface area contributed by atoms with Crippen LogP contribution < -0.4 is 10.2 Å². The lowest BCUT2D eigenvalue weighted by Gasteiger charge is -2.25. The number of thiazole rings is 1. The molecule has 7 nitrogen and oxygen atoms in total. The van der Waals surface area contributed by atoms with Crippen molar-refractivity contribution in [3.05, 3.63) is 46.6 Å². The Kier molecular flexibility index (Phi) is 8.14. The van der Waals surface area contributed by atoms with Crippen molar-refractivity contribution in [2.75, 3.05) is 23.3 Å². The summed E-state index contributed by atoms with van der Waals surface area (Å²) in [7, 11) is 0. The maximum Gasteiger partial charge on any atom is 0.449 e. The quantitative estimate of drug-likeness (QED) is 0.362. The summed E-state index contributed by atoms with van der Waals surface area (Å²) in [6, 6.07) is 3.48. The minimum absolute atomic E-state index is 0.0180. The molecule has 0 saturated carbocycles. The molecule has 204 valence electrons. The number of nitrogens with zero attached hydrogens (tertiary/aromatic N) is 4. The fraction of sp³-hybridized carbons (Fsp3) is 0.440. The van der Waals surface area contributed by atoms with Crippen LogP contribution >= 0.6 is 11.3 Å². The largest absolute Gasteiger partial charge is 0.449 e. The molecule has 1 aliphatic rings. The van der Waals surface area contributed by atoms with E-state index in [1.54, 1.807) is 11.6 Å². The average Bonchev–Trinajstić information content (AvgIpc) is 3.34. The van der Waals surface area contributed by atoms with Gasteiger partial charge < -0.3 is 10.2 Å². The van der Waals surface area contributed by atoms with Crippen molar-refractivity contribution in [3.63, 3.8) is 0 Å². The van der Waals surface area contributed by atoms with Gasteiger partial charge in [-0.05, 0) is 51.2 Å². The summed E-state index contributed by atoms with van der Waals surface area (Å²) in [5.74, 6) is -3.66. The molecule has 0 bridgehead atoms. The van der Waals surface area contributed by atoms with Gasteiger partial charge in [0, 0.05) is 30.9 Å². The number of hydrogen-bond donors (Lipinski definition) is 1. The Labute approximate surface area is 219 Å². The van der Waals surface area contributed by atoms with Crippen LogP contribution in [-0.2, 0) is 11.3 Å². The Hall–Kier alpha value is -3.35. The molecule has 0 radical (unpaired) electrons. The van der Waals surface area contributed by atoms with Gasteiger partial charge in [-0.25, -0.2) is 18.4 Å². The second-order valence-corrected chi connectivity index (χ2v) is 10.3. The van der Waals surface area contributed by atoms with Crippen LogP contribution in [0.5, 0.6) is 0 Å². The van der Waals surface area contributed by atoms with E-state index < -0.39 is 35.9 Å². The van der Waals surface area contributed by atoms with E-state index in [9.17, 15) is 31.5 Å². The number of alkyl halides is 3. The fourth-order valence-electron chi connectivity index (χ4n) is 4.59. The first-order valence-corrected chi connectivity index (χ1v) is 12.9. The van der Waals surface area contributed by atoms with Crippen LogP contribution in [0.15, 0.2) is 24.4 Å². The number of hydrogen-bond acceptors (Lipinski definition) is 6. The van der Waals surface area contributed by atoms with Crippen molar-refractivity contribution >= 4 is 34.5 Å². The summed E-state index contributed by atoms with van der Waals surface area (Å²) >= 11 is 0.995. The van der Waals surface area contributed by atoms with Gasteiger partial charge in [-0.3, -0.25) is 9.59 Å². The number of anilines is 2. The van der Waals surface area contributed by atoms with Crippen LogP contribution in [0.4, 0.5) is 33.5 Å². The maximum absolute atomic E-state index is 14.2. The lowest BCUT2D eigenvalue weighted by Crippen LogP contribution is -2.29. The molecule has 0 spiro atoms. The number of nitrogens with one attached hydrogen (secondary N) is 1. The third kappa shape index (κ3) is 5.87. The van der Waals surface area contributed by atoms with E-state index in [0.29, 0.717) is 55.3 Å². The minimum atomic E-state index is -4.84. The first-order chi connectivity index (χ1) is 18.0. The van der Waals surface area contributed by atoms with Gasteiger partial charge in [-0.2, -0.15) is 18.3 Å². The van der Waals surface area contributed by atoms with Gasteiger partial charge in [-0.1, -0.05) is 6.07 Å². The molecule has 1 N–H and O–H groups in total. The molecule has 3 aromatic rings. The zero-order valence-corrected chi connectivity index (χ0v) is 21.6. The van der Waals surface area contributed by atoms with E-state index in [-0.39, 0.29) is 22.2 Å². The van der Waals surface area contributed by atoms with Gasteiger partial charge in [0.05, 0.1) is 11.8 Å². The van der Waals surface area contributed by atoms with Crippen LogP contribution in [0.25, 0.3) is 10.6 Å². The summed E-state index contributed by atoms with van der Waals surface area (Å²) in [4.78, 5) is 31.3. The lowest BCUT2D eigenvalue weighted by molar-refractivity contribution is -0.172. The number of carbonyl (C=O) groups is 2. The van der Waals surface area contributed by atoms with E-state index in [4.69, 9.17) is 0 Å². The lowest BCUT2D eigenvalue weighted by atomic mass is 9.94. The molecule has 1 atom stereocenters. The highest BCUT2D eigenvalue weighted by molar-refractivity contribution is 7.15. The van der Waals surface area contributed by atoms with Gasteiger partial charge in [0.15, 0.2) is 5.82 Å². The zero-order chi connectivity index (χ0) is 27.6. The van der Waals surface area contributed by atoms with Crippen LogP contribution in [0, 0.1) is 24.5 Å². The number of ketones is 1. The highest BCUT2D eigenvalue weighted by Gasteiger charge is 2.39. The molecular formula is C25H26F5N5O2S. The van der Waals surface area contributed by atoms with Gasteiger partial charge in [0.25, 0.3) is 5.91 Å². The Bertz CT molecular complexity index is 1320. The van der Waals surface area contributed by atoms with Gasteiger partial charge in [0.1, 0.15) is 28.0 Å². The highest BCUT2D eigenvalue weighted by Crippen LogP contribution is 2.34. The van der Waals surface area contributed by atoms with E-state index in [0.717, 1.165) is 23.5 Å². The Morgan fingerprint density at radius 1 is 1.16 bits per heavy atom. The monoisotopic (exact) mass is 555 g/mol. The summed E-state index contributed by atoms with van der Waals surface area (Å²) in [6.07, 6.45) is -2.47. The molecular weight excluding hydrogens is 529 g/mol. The highest BCUT2D eigenvalue weighted by atomic mass is 32.1. The number of halogens is 5. The van der Waals surface area contributed by atoms with E-state index in [1.807, 2.05) is 11.8 Å². The number of benzene rings is 1. The smallest absolute Gasteiger partial charge is 0.355 e. The molecule has 38 heavy (non-hydrogen) atoms. The summed E-state index contributed by atoms with van der Waals surface area (Å²) in [5, 5.41) is 7.15. The van der Waals surface area contributed by atoms with Crippen LogP contribution in [-0.4, -0.2) is 45.7 Å². The summed E-state index contributed by atoms with van der Waals surface area (Å²) < 4.78 is 68.4. The van der Waals surface area contributed by atoms with Crippen molar-refractivity contribution in [1.82, 2.24) is 14.8 Å².